The number of amides is 1. The fraction of sp³-hybridized carbons (Fsp3) is 0.417. The van der Waals surface area contributed by atoms with Crippen LogP contribution in [0.1, 0.15) is 36.5 Å². The van der Waals surface area contributed by atoms with Crippen LogP contribution < -0.4 is 5.32 Å². The number of unbranched alkanes of at least 4 members (excludes halogenated alkanes) is 2. The number of benzene rings is 1. The first-order chi connectivity index (χ1) is 9.27. The first-order valence-corrected chi connectivity index (χ1v) is 8.30. The zero-order valence-electron chi connectivity index (χ0n) is 10.8. The van der Waals surface area contributed by atoms with E-state index >= 15 is 0 Å². The van der Waals surface area contributed by atoms with E-state index in [2.05, 4.69) is 5.32 Å². The molecule has 0 aliphatic rings. The van der Waals surface area contributed by atoms with Crippen molar-refractivity contribution < 1.29 is 22.0 Å². The molecule has 4 nitrogen and oxygen atoms in total. The molecule has 1 amide bonds. The summed E-state index contributed by atoms with van der Waals surface area (Å²) < 4.78 is 49.0. The lowest BCUT2D eigenvalue weighted by atomic mass is 10.2. The van der Waals surface area contributed by atoms with E-state index in [4.69, 9.17) is 10.7 Å². The Morgan fingerprint density at radius 2 is 1.90 bits per heavy atom. The van der Waals surface area contributed by atoms with Crippen LogP contribution in [0.15, 0.2) is 17.0 Å². The summed E-state index contributed by atoms with van der Waals surface area (Å²) in [7, 11) is 0.632. The lowest BCUT2D eigenvalue weighted by Gasteiger charge is -2.07. The third kappa shape index (κ3) is 4.42. The highest BCUT2D eigenvalue weighted by Crippen LogP contribution is 2.22. The zero-order valence-corrected chi connectivity index (χ0v) is 12.3. The van der Waals surface area contributed by atoms with E-state index in [0.29, 0.717) is 25.1 Å². The fourth-order valence-corrected chi connectivity index (χ4v) is 2.47. The van der Waals surface area contributed by atoms with E-state index in [0.717, 1.165) is 12.8 Å². The summed E-state index contributed by atoms with van der Waals surface area (Å²) in [5.74, 6) is -3.28. The van der Waals surface area contributed by atoms with E-state index in [1.807, 2.05) is 6.92 Å². The van der Waals surface area contributed by atoms with Crippen molar-refractivity contribution in [2.45, 2.75) is 31.1 Å². The molecular weight excluding hydrogens is 312 g/mol. The molecule has 0 atom stereocenters. The standard InChI is InChI=1S/C12H14ClF2NO3S/c1-2-3-4-5-16-12(17)8-6-11(20(13,18)19)10(15)7-9(8)14/h6-7H,2-5H2,1H3,(H,16,17). The van der Waals surface area contributed by atoms with Gasteiger partial charge in [0.15, 0.2) is 0 Å². The number of hydrogen-bond acceptors (Lipinski definition) is 3. The Morgan fingerprint density at radius 3 is 2.45 bits per heavy atom. The second kappa shape index (κ2) is 6.99. The topological polar surface area (TPSA) is 63.2 Å². The van der Waals surface area contributed by atoms with Crippen molar-refractivity contribution in [3.05, 3.63) is 29.3 Å². The van der Waals surface area contributed by atoms with Gasteiger partial charge in [0, 0.05) is 23.3 Å². The maximum Gasteiger partial charge on any atom is 0.264 e. The van der Waals surface area contributed by atoms with E-state index in [1.54, 1.807) is 0 Å². The Labute approximate surface area is 120 Å². The third-order valence-electron chi connectivity index (χ3n) is 2.59. The molecule has 0 bridgehead atoms. The highest BCUT2D eigenvalue weighted by Gasteiger charge is 2.22. The summed E-state index contributed by atoms with van der Waals surface area (Å²) in [6.07, 6.45) is 2.56. The molecule has 1 aromatic carbocycles. The number of carbonyl (C=O) groups excluding carboxylic acids is 1. The second-order valence-electron chi connectivity index (χ2n) is 4.16. The van der Waals surface area contributed by atoms with Crippen molar-refractivity contribution in [1.29, 1.82) is 0 Å². The van der Waals surface area contributed by atoms with E-state index < -0.39 is 37.1 Å². The van der Waals surface area contributed by atoms with Crippen molar-refractivity contribution in [3.63, 3.8) is 0 Å². The summed E-state index contributed by atoms with van der Waals surface area (Å²) in [6, 6.07) is 0.929. The minimum Gasteiger partial charge on any atom is -0.352 e. The number of nitrogens with one attached hydrogen (secondary N) is 1. The molecule has 0 fully saturated rings. The molecule has 1 rings (SSSR count). The van der Waals surface area contributed by atoms with Crippen molar-refractivity contribution in [2.24, 2.45) is 0 Å². The summed E-state index contributed by atoms with van der Waals surface area (Å²) >= 11 is 0. The number of rotatable bonds is 6. The first kappa shape index (κ1) is 16.8. The van der Waals surface area contributed by atoms with Crippen LogP contribution in [0.3, 0.4) is 0 Å². The van der Waals surface area contributed by atoms with Crippen molar-refractivity contribution >= 4 is 25.6 Å². The van der Waals surface area contributed by atoms with Crippen LogP contribution in [-0.2, 0) is 9.05 Å². The molecule has 112 valence electrons. The molecule has 0 spiro atoms. The van der Waals surface area contributed by atoms with Crippen molar-refractivity contribution in [2.75, 3.05) is 6.54 Å². The molecule has 1 N–H and O–H groups in total. The lowest BCUT2D eigenvalue weighted by Crippen LogP contribution is -2.25. The molecule has 0 aliphatic carbocycles. The van der Waals surface area contributed by atoms with Gasteiger partial charge in [-0.3, -0.25) is 4.79 Å². The predicted molar refractivity (Wildman–Crippen MR) is 71.3 cm³/mol. The van der Waals surface area contributed by atoms with Gasteiger partial charge in [0.2, 0.25) is 0 Å². The quantitative estimate of drug-likeness (QED) is 0.646. The normalized spacial score (nSPS) is 11.4. The smallest absolute Gasteiger partial charge is 0.264 e. The maximum absolute atomic E-state index is 13.5. The highest BCUT2D eigenvalue weighted by atomic mass is 35.7. The average Bonchev–Trinajstić information content (AvgIpc) is 2.32. The third-order valence-corrected chi connectivity index (χ3v) is 3.93. The van der Waals surface area contributed by atoms with Gasteiger partial charge in [-0.2, -0.15) is 0 Å². The maximum atomic E-state index is 13.5. The van der Waals surface area contributed by atoms with Gasteiger partial charge in [-0.15, -0.1) is 0 Å². The van der Waals surface area contributed by atoms with Crippen LogP contribution >= 0.6 is 10.7 Å². The van der Waals surface area contributed by atoms with Crippen LogP contribution in [0.2, 0.25) is 0 Å². The molecule has 20 heavy (non-hydrogen) atoms. The summed E-state index contributed by atoms with van der Waals surface area (Å²) in [6.45, 7) is 2.31. The number of halogens is 3. The molecule has 0 saturated heterocycles. The minimum absolute atomic E-state index is 0.326. The van der Waals surface area contributed by atoms with Crippen molar-refractivity contribution in [1.82, 2.24) is 5.32 Å². The monoisotopic (exact) mass is 325 g/mol. The summed E-state index contributed by atoms with van der Waals surface area (Å²) in [5, 5.41) is 2.43. The average molecular weight is 326 g/mol. The first-order valence-electron chi connectivity index (χ1n) is 5.99. The fourth-order valence-electron chi connectivity index (χ4n) is 1.56. The molecule has 0 saturated carbocycles. The molecule has 0 aromatic heterocycles. The molecular formula is C12H14ClF2NO3S. The van der Waals surface area contributed by atoms with Gasteiger partial charge in [-0.25, -0.2) is 17.2 Å². The van der Waals surface area contributed by atoms with Gasteiger partial charge in [-0.1, -0.05) is 19.8 Å². The van der Waals surface area contributed by atoms with E-state index in [1.165, 1.54) is 0 Å². The van der Waals surface area contributed by atoms with Gasteiger partial charge < -0.3 is 5.32 Å². The Balaban J connectivity index is 2.98. The Hall–Kier alpha value is -1.21. The van der Waals surface area contributed by atoms with Gasteiger partial charge in [0.25, 0.3) is 15.0 Å². The summed E-state index contributed by atoms with van der Waals surface area (Å²) in [4.78, 5) is 10.8. The van der Waals surface area contributed by atoms with E-state index in [-0.39, 0.29) is 0 Å². The van der Waals surface area contributed by atoms with Crippen LogP contribution in [0.5, 0.6) is 0 Å². The molecule has 0 aliphatic heterocycles. The Kier molecular flexibility index (Phi) is 5.88. The molecule has 1 aromatic rings. The largest absolute Gasteiger partial charge is 0.352 e. The van der Waals surface area contributed by atoms with Gasteiger partial charge >= 0.3 is 0 Å². The highest BCUT2D eigenvalue weighted by molar-refractivity contribution is 8.13. The van der Waals surface area contributed by atoms with E-state index in [9.17, 15) is 22.0 Å². The summed E-state index contributed by atoms with van der Waals surface area (Å²) in [5.41, 5.74) is -0.554. The van der Waals surface area contributed by atoms with Crippen LogP contribution in [0, 0.1) is 11.6 Å². The van der Waals surface area contributed by atoms with Crippen LogP contribution in [-0.4, -0.2) is 20.9 Å². The van der Waals surface area contributed by atoms with Gasteiger partial charge in [0.1, 0.15) is 16.5 Å². The van der Waals surface area contributed by atoms with Crippen LogP contribution in [0.4, 0.5) is 8.78 Å². The van der Waals surface area contributed by atoms with Gasteiger partial charge in [-0.05, 0) is 12.5 Å². The molecule has 8 heteroatoms. The number of hydrogen-bond donors (Lipinski definition) is 1. The molecule has 0 heterocycles. The van der Waals surface area contributed by atoms with Crippen molar-refractivity contribution in [3.8, 4) is 0 Å². The zero-order chi connectivity index (χ0) is 15.3. The molecule has 0 radical (unpaired) electrons. The Morgan fingerprint density at radius 1 is 1.25 bits per heavy atom. The number of carbonyl (C=O) groups is 1. The SMILES string of the molecule is CCCCCNC(=O)c1cc(S(=O)(=O)Cl)c(F)cc1F. The van der Waals surface area contributed by atoms with Gasteiger partial charge in [0.05, 0.1) is 5.56 Å². The Bertz CT molecular complexity index is 605. The van der Waals surface area contributed by atoms with Crippen LogP contribution in [0.25, 0.3) is 0 Å². The lowest BCUT2D eigenvalue weighted by molar-refractivity contribution is 0.0948. The predicted octanol–water partition coefficient (Wildman–Crippen LogP) is 2.81. The minimum atomic E-state index is -4.38. The second-order valence-corrected chi connectivity index (χ2v) is 6.70. The molecule has 0 unspecified atom stereocenters.